The van der Waals surface area contributed by atoms with Crippen molar-refractivity contribution in [1.82, 2.24) is 0 Å². The second kappa shape index (κ2) is 7.99. The fourth-order valence-electron chi connectivity index (χ4n) is 2.71. The quantitative estimate of drug-likeness (QED) is 0.346. The molecule has 2 saturated heterocycles. The molecule has 2 heterocycles. The van der Waals surface area contributed by atoms with Crippen LogP contribution in [-0.2, 0) is 14.0 Å². The first kappa shape index (κ1) is 21.4. The van der Waals surface area contributed by atoms with Crippen LogP contribution in [0.25, 0.3) is 0 Å². The normalized spacial score (nSPS) is 25.5. The average Bonchev–Trinajstić information content (AvgIpc) is 2.85. The Bertz CT molecular complexity index is 517. The molecule has 6 heteroatoms. The lowest BCUT2D eigenvalue weighted by Gasteiger charge is -2.38. The summed E-state index contributed by atoms with van der Waals surface area (Å²) in [4.78, 5) is 12.2. The largest absolute Gasteiger partial charge is 0.459 e. The number of thioether (sulfide) groups is 2. The Morgan fingerprint density at radius 1 is 1.20 bits per heavy atom. The Hall–Kier alpha value is 0.0869. The summed E-state index contributed by atoms with van der Waals surface area (Å²) in [6, 6.07) is 0. The number of allylic oxidation sites excluding steroid dienone is 1. The zero-order chi connectivity index (χ0) is 18.9. The Morgan fingerprint density at radius 2 is 1.80 bits per heavy atom. The molecule has 0 bridgehead atoms. The van der Waals surface area contributed by atoms with Crippen molar-refractivity contribution < 1.29 is 14.0 Å². The van der Waals surface area contributed by atoms with Gasteiger partial charge in [-0.3, -0.25) is 0 Å². The van der Waals surface area contributed by atoms with Gasteiger partial charge in [0.1, 0.15) is 12.7 Å². The Morgan fingerprint density at radius 3 is 2.36 bits per heavy atom. The Kier molecular flexibility index (Phi) is 6.83. The summed E-state index contributed by atoms with van der Waals surface area (Å²) >= 11 is 4.12. The number of esters is 1. The molecular formula is C19H34O3S2Si. The number of carbonyl (C=O) groups excluding carboxylic acids is 1. The van der Waals surface area contributed by atoms with Gasteiger partial charge in [-0.15, -0.1) is 23.5 Å². The number of hydrogen-bond acceptors (Lipinski definition) is 5. The maximum atomic E-state index is 12.2. The van der Waals surface area contributed by atoms with Crippen molar-refractivity contribution in [1.29, 1.82) is 0 Å². The van der Waals surface area contributed by atoms with Crippen LogP contribution in [0.15, 0.2) is 11.6 Å². The Balaban J connectivity index is 2.09. The highest BCUT2D eigenvalue weighted by molar-refractivity contribution is 8.17. The minimum atomic E-state index is -1.93. The first-order chi connectivity index (χ1) is 11.4. The average molecular weight is 403 g/mol. The summed E-state index contributed by atoms with van der Waals surface area (Å²) < 4.78 is 12.4. The van der Waals surface area contributed by atoms with Crippen molar-refractivity contribution in [2.75, 3.05) is 18.1 Å². The van der Waals surface area contributed by atoms with E-state index in [4.69, 9.17) is 9.16 Å². The standard InChI is InChI=1S/C19H34O3S2Si/c1-18(2,3)25(6,7)22-15-13-21-16(20)14(15)9-10-19(4,5)17-23-11-8-12-24-17/h9,15,17H,8,10-13H2,1-7H3/b14-9-. The molecule has 0 aromatic heterocycles. The molecule has 0 saturated carbocycles. The molecule has 2 fully saturated rings. The van der Waals surface area contributed by atoms with Crippen LogP contribution in [0, 0.1) is 5.41 Å². The minimum absolute atomic E-state index is 0.123. The minimum Gasteiger partial charge on any atom is -0.459 e. The van der Waals surface area contributed by atoms with Crippen LogP contribution in [0.4, 0.5) is 0 Å². The highest BCUT2D eigenvalue weighted by atomic mass is 32.2. The molecule has 2 aliphatic rings. The molecule has 0 radical (unpaired) electrons. The molecule has 2 rings (SSSR count). The molecule has 25 heavy (non-hydrogen) atoms. The molecule has 0 spiro atoms. The van der Waals surface area contributed by atoms with Crippen LogP contribution < -0.4 is 0 Å². The maximum Gasteiger partial charge on any atom is 0.336 e. The summed E-state index contributed by atoms with van der Waals surface area (Å²) in [5, 5.41) is 0.123. The third-order valence-corrected chi connectivity index (χ3v) is 13.7. The molecule has 0 N–H and O–H groups in total. The van der Waals surface area contributed by atoms with E-state index < -0.39 is 8.32 Å². The van der Waals surface area contributed by atoms with Gasteiger partial charge in [-0.05, 0) is 47.9 Å². The van der Waals surface area contributed by atoms with E-state index in [0.717, 1.165) is 12.0 Å². The van der Waals surface area contributed by atoms with Gasteiger partial charge in [0.25, 0.3) is 0 Å². The van der Waals surface area contributed by atoms with E-state index in [-0.39, 0.29) is 22.5 Å². The molecule has 0 aromatic rings. The third kappa shape index (κ3) is 5.30. The molecule has 0 aliphatic carbocycles. The van der Waals surface area contributed by atoms with Gasteiger partial charge in [-0.2, -0.15) is 0 Å². The van der Waals surface area contributed by atoms with E-state index >= 15 is 0 Å². The summed E-state index contributed by atoms with van der Waals surface area (Å²) in [6.45, 7) is 16.1. The predicted molar refractivity (Wildman–Crippen MR) is 113 cm³/mol. The molecule has 2 aliphatic heterocycles. The molecule has 3 nitrogen and oxygen atoms in total. The van der Waals surface area contributed by atoms with E-state index in [1.807, 2.05) is 0 Å². The first-order valence-corrected chi connectivity index (χ1v) is 14.2. The van der Waals surface area contributed by atoms with E-state index in [0.29, 0.717) is 11.2 Å². The highest BCUT2D eigenvalue weighted by Crippen LogP contribution is 2.45. The zero-order valence-corrected chi connectivity index (χ0v) is 19.4. The van der Waals surface area contributed by atoms with Gasteiger partial charge in [0.05, 0.1) is 10.2 Å². The van der Waals surface area contributed by atoms with E-state index in [9.17, 15) is 4.79 Å². The lowest BCUT2D eigenvalue weighted by Crippen LogP contribution is -2.44. The molecule has 0 amide bonds. The van der Waals surface area contributed by atoms with Gasteiger partial charge in [-0.25, -0.2) is 4.79 Å². The number of hydrogen-bond donors (Lipinski definition) is 0. The molecule has 1 atom stereocenters. The van der Waals surface area contributed by atoms with Crippen molar-refractivity contribution in [3.63, 3.8) is 0 Å². The van der Waals surface area contributed by atoms with Gasteiger partial charge in [0.15, 0.2) is 8.32 Å². The zero-order valence-electron chi connectivity index (χ0n) is 16.8. The van der Waals surface area contributed by atoms with E-state index in [2.05, 4.69) is 77.3 Å². The van der Waals surface area contributed by atoms with Gasteiger partial charge in [0, 0.05) is 0 Å². The number of ether oxygens (including phenoxy) is 1. The van der Waals surface area contributed by atoms with Crippen molar-refractivity contribution in [2.45, 2.75) is 76.3 Å². The first-order valence-electron chi connectivity index (χ1n) is 9.22. The summed E-state index contributed by atoms with van der Waals surface area (Å²) in [5.74, 6) is 2.30. The van der Waals surface area contributed by atoms with Crippen molar-refractivity contribution in [2.24, 2.45) is 5.41 Å². The topological polar surface area (TPSA) is 35.5 Å². The van der Waals surface area contributed by atoms with Gasteiger partial charge in [-0.1, -0.05) is 40.7 Å². The second-order valence-corrected chi connectivity index (χ2v) is 16.7. The SMILES string of the molecule is CC(C)(C/C=C1\C(=O)OCC1O[Si](C)(C)C(C)(C)C)C1SCCCS1. The highest BCUT2D eigenvalue weighted by Gasteiger charge is 2.43. The van der Waals surface area contributed by atoms with Gasteiger partial charge < -0.3 is 9.16 Å². The number of rotatable bonds is 5. The third-order valence-electron chi connectivity index (χ3n) is 5.50. The van der Waals surface area contributed by atoms with Crippen LogP contribution in [0.5, 0.6) is 0 Å². The van der Waals surface area contributed by atoms with Crippen LogP contribution in [0.1, 0.15) is 47.5 Å². The van der Waals surface area contributed by atoms with E-state index in [1.165, 1.54) is 17.9 Å². The molecular weight excluding hydrogens is 368 g/mol. The smallest absolute Gasteiger partial charge is 0.336 e. The maximum absolute atomic E-state index is 12.2. The lowest BCUT2D eigenvalue weighted by molar-refractivity contribution is -0.135. The summed E-state index contributed by atoms with van der Waals surface area (Å²) in [7, 11) is -1.93. The van der Waals surface area contributed by atoms with Crippen LogP contribution >= 0.6 is 23.5 Å². The monoisotopic (exact) mass is 402 g/mol. The predicted octanol–water partition coefficient (Wildman–Crippen LogP) is 5.47. The van der Waals surface area contributed by atoms with Crippen molar-refractivity contribution in [3.8, 4) is 0 Å². The second-order valence-electron chi connectivity index (χ2n) is 9.24. The van der Waals surface area contributed by atoms with E-state index in [1.54, 1.807) is 0 Å². The summed E-state index contributed by atoms with van der Waals surface area (Å²) in [5.41, 5.74) is 0.899. The fraction of sp³-hybridized carbons (Fsp3) is 0.842. The Labute approximate surface area is 163 Å². The number of carbonyl (C=O) groups is 1. The molecule has 0 aromatic carbocycles. The molecule has 144 valence electrons. The number of cyclic esters (lactones) is 1. The van der Waals surface area contributed by atoms with Crippen molar-refractivity contribution in [3.05, 3.63) is 11.6 Å². The van der Waals surface area contributed by atoms with Crippen LogP contribution in [0.2, 0.25) is 18.1 Å². The van der Waals surface area contributed by atoms with Gasteiger partial charge >= 0.3 is 5.97 Å². The fourth-order valence-corrected chi connectivity index (χ4v) is 7.26. The van der Waals surface area contributed by atoms with Crippen LogP contribution in [0.3, 0.4) is 0 Å². The van der Waals surface area contributed by atoms with Gasteiger partial charge in [0.2, 0.25) is 0 Å². The van der Waals surface area contributed by atoms with Crippen LogP contribution in [-0.4, -0.2) is 43.1 Å². The summed E-state index contributed by atoms with van der Waals surface area (Å²) in [6.07, 6.45) is 4.09. The van der Waals surface area contributed by atoms with Crippen molar-refractivity contribution >= 4 is 37.8 Å². The molecule has 1 unspecified atom stereocenters. The lowest BCUT2D eigenvalue weighted by atomic mass is 9.90.